The number of hydrogen-bond donors (Lipinski definition) is 2. The lowest BCUT2D eigenvalue weighted by Crippen LogP contribution is -2.33. The van der Waals surface area contributed by atoms with E-state index < -0.39 is 0 Å². The van der Waals surface area contributed by atoms with Crippen LogP contribution in [0, 0.1) is 13.8 Å². The molecular formula is C21H25ClN2O3. The SMILES string of the molecule is CC[C@H](C)NC(=O)c1ccccc1NC(=O)COc1cc(C)c(Cl)c(C)c1. The maximum absolute atomic E-state index is 12.4. The number of amides is 2. The Bertz CT molecular complexity index is 813. The van der Waals surface area contributed by atoms with E-state index >= 15 is 0 Å². The molecule has 0 saturated carbocycles. The van der Waals surface area contributed by atoms with Gasteiger partial charge in [-0.05, 0) is 62.6 Å². The Kier molecular flexibility index (Phi) is 7.25. The molecule has 2 aromatic rings. The van der Waals surface area contributed by atoms with E-state index in [0.717, 1.165) is 17.5 Å². The third-order valence-corrected chi connectivity index (χ3v) is 4.81. The molecule has 0 radical (unpaired) electrons. The number of benzene rings is 2. The van der Waals surface area contributed by atoms with Crippen molar-refractivity contribution in [3.05, 3.63) is 58.1 Å². The second-order valence-electron chi connectivity index (χ2n) is 6.54. The van der Waals surface area contributed by atoms with Crippen molar-refractivity contribution in [1.29, 1.82) is 0 Å². The van der Waals surface area contributed by atoms with Crippen molar-refractivity contribution in [1.82, 2.24) is 5.32 Å². The zero-order valence-electron chi connectivity index (χ0n) is 16.1. The van der Waals surface area contributed by atoms with Gasteiger partial charge < -0.3 is 15.4 Å². The summed E-state index contributed by atoms with van der Waals surface area (Å²) in [5.41, 5.74) is 2.65. The molecular weight excluding hydrogens is 364 g/mol. The standard InChI is InChI=1S/C21H25ClN2O3/c1-5-15(4)23-21(26)17-8-6-7-9-18(17)24-19(25)12-27-16-10-13(2)20(22)14(3)11-16/h6-11,15H,5,12H2,1-4H3,(H,23,26)(H,24,25)/t15-/m0/s1. The van der Waals surface area contributed by atoms with Gasteiger partial charge in [-0.25, -0.2) is 0 Å². The largest absolute Gasteiger partial charge is 0.484 e. The Hall–Kier alpha value is -2.53. The van der Waals surface area contributed by atoms with Crippen molar-refractivity contribution in [2.75, 3.05) is 11.9 Å². The van der Waals surface area contributed by atoms with Gasteiger partial charge >= 0.3 is 0 Å². The number of carbonyl (C=O) groups is 2. The molecule has 0 saturated heterocycles. The van der Waals surface area contributed by atoms with Crippen molar-refractivity contribution in [3.8, 4) is 5.75 Å². The first-order valence-electron chi connectivity index (χ1n) is 8.91. The molecule has 1 atom stereocenters. The van der Waals surface area contributed by atoms with Crippen LogP contribution in [0.15, 0.2) is 36.4 Å². The molecule has 0 bridgehead atoms. The lowest BCUT2D eigenvalue weighted by atomic mass is 10.1. The molecule has 0 aliphatic heterocycles. The fourth-order valence-corrected chi connectivity index (χ4v) is 2.63. The highest BCUT2D eigenvalue weighted by Gasteiger charge is 2.15. The van der Waals surface area contributed by atoms with Crippen LogP contribution in [0.1, 0.15) is 41.8 Å². The van der Waals surface area contributed by atoms with Gasteiger partial charge in [-0.15, -0.1) is 0 Å². The monoisotopic (exact) mass is 388 g/mol. The quantitative estimate of drug-likeness (QED) is 0.733. The normalized spacial score (nSPS) is 11.6. The van der Waals surface area contributed by atoms with Crippen molar-refractivity contribution in [3.63, 3.8) is 0 Å². The van der Waals surface area contributed by atoms with Crippen molar-refractivity contribution in [2.45, 2.75) is 40.2 Å². The van der Waals surface area contributed by atoms with Gasteiger partial charge in [-0.2, -0.15) is 0 Å². The second-order valence-corrected chi connectivity index (χ2v) is 6.91. The number of nitrogens with one attached hydrogen (secondary N) is 2. The molecule has 27 heavy (non-hydrogen) atoms. The molecule has 0 aromatic heterocycles. The topological polar surface area (TPSA) is 67.4 Å². The van der Waals surface area contributed by atoms with E-state index in [-0.39, 0.29) is 24.5 Å². The second kappa shape index (κ2) is 9.42. The maximum atomic E-state index is 12.4. The van der Waals surface area contributed by atoms with E-state index in [1.807, 2.05) is 27.7 Å². The summed E-state index contributed by atoms with van der Waals surface area (Å²) in [5.74, 6) is 0.0153. The summed E-state index contributed by atoms with van der Waals surface area (Å²) >= 11 is 6.14. The Labute approximate surface area is 165 Å². The van der Waals surface area contributed by atoms with Crippen LogP contribution in [-0.4, -0.2) is 24.5 Å². The summed E-state index contributed by atoms with van der Waals surface area (Å²) in [4.78, 5) is 24.7. The number of ether oxygens (including phenoxy) is 1. The van der Waals surface area contributed by atoms with Crippen LogP contribution in [0.2, 0.25) is 5.02 Å². The Morgan fingerprint density at radius 1 is 1.15 bits per heavy atom. The van der Waals surface area contributed by atoms with Crippen molar-refractivity contribution >= 4 is 29.1 Å². The molecule has 2 aromatic carbocycles. The smallest absolute Gasteiger partial charge is 0.262 e. The third kappa shape index (κ3) is 5.73. The van der Waals surface area contributed by atoms with Crippen LogP contribution < -0.4 is 15.4 Å². The van der Waals surface area contributed by atoms with E-state index in [4.69, 9.17) is 16.3 Å². The highest BCUT2D eigenvalue weighted by Crippen LogP contribution is 2.25. The van der Waals surface area contributed by atoms with Gasteiger partial charge in [-0.3, -0.25) is 9.59 Å². The van der Waals surface area contributed by atoms with Crippen LogP contribution in [0.5, 0.6) is 5.75 Å². The van der Waals surface area contributed by atoms with Gasteiger partial charge in [0.05, 0.1) is 11.3 Å². The van der Waals surface area contributed by atoms with E-state index in [1.165, 1.54) is 0 Å². The van der Waals surface area contributed by atoms with Crippen molar-refractivity contribution in [2.24, 2.45) is 0 Å². The minimum absolute atomic E-state index is 0.0565. The minimum Gasteiger partial charge on any atom is -0.484 e. The maximum Gasteiger partial charge on any atom is 0.262 e. The van der Waals surface area contributed by atoms with E-state index in [0.29, 0.717) is 22.0 Å². The Balaban J connectivity index is 2.03. The van der Waals surface area contributed by atoms with Gasteiger partial charge in [0.1, 0.15) is 5.75 Å². The molecule has 2 rings (SSSR count). The Morgan fingerprint density at radius 2 is 1.78 bits per heavy atom. The fourth-order valence-electron chi connectivity index (χ4n) is 2.52. The molecule has 2 amide bonds. The average Bonchev–Trinajstić information content (AvgIpc) is 2.64. The molecule has 0 heterocycles. The van der Waals surface area contributed by atoms with E-state index in [9.17, 15) is 9.59 Å². The minimum atomic E-state index is -0.343. The van der Waals surface area contributed by atoms with E-state index in [1.54, 1.807) is 36.4 Å². The highest BCUT2D eigenvalue weighted by atomic mass is 35.5. The van der Waals surface area contributed by atoms with Crippen LogP contribution in [0.3, 0.4) is 0 Å². The molecule has 0 aliphatic rings. The zero-order chi connectivity index (χ0) is 20.0. The summed E-state index contributed by atoms with van der Waals surface area (Å²) in [6.07, 6.45) is 0.827. The Morgan fingerprint density at radius 3 is 2.41 bits per heavy atom. The van der Waals surface area contributed by atoms with E-state index in [2.05, 4.69) is 10.6 Å². The third-order valence-electron chi connectivity index (χ3n) is 4.22. The number of anilines is 1. The molecule has 0 spiro atoms. The highest BCUT2D eigenvalue weighted by molar-refractivity contribution is 6.32. The summed E-state index contributed by atoms with van der Waals surface area (Å²) in [7, 11) is 0. The molecule has 144 valence electrons. The van der Waals surface area contributed by atoms with Crippen LogP contribution in [0.25, 0.3) is 0 Å². The first kappa shape index (κ1) is 20.8. The van der Waals surface area contributed by atoms with Gasteiger partial charge in [0, 0.05) is 11.1 Å². The molecule has 2 N–H and O–H groups in total. The van der Waals surface area contributed by atoms with Crippen LogP contribution in [-0.2, 0) is 4.79 Å². The van der Waals surface area contributed by atoms with Gasteiger partial charge in [0.2, 0.25) is 0 Å². The lowest BCUT2D eigenvalue weighted by Gasteiger charge is -2.15. The summed E-state index contributed by atoms with van der Waals surface area (Å²) < 4.78 is 5.57. The summed E-state index contributed by atoms with van der Waals surface area (Å²) in [6.45, 7) is 7.53. The number of hydrogen-bond acceptors (Lipinski definition) is 3. The first-order chi connectivity index (χ1) is 12.8. The number of para-hydroxylation sites is 1. The van der Waals surface area contributed by atoms with Crippen molar-refractivity contribution < 1.29 is 14.3 Å². The van der Waals surface area contributed by atoms with Gasteiger partial charge in [-0.1, -0.05) is 30.7 Å². The van der Waals surface area contributed by atoms with Gasteiger partial charge in [0.15, 0.2) is 6.61 Å². The average molecular weight is 389 g/mol. The number of aryl methyl sites for hydroxylation is 2. The predicted molar refractivity (Wildman–Crippen MR) is 109 cm³/mol. The van der Waals surface area contributed by atoms with Crippen LogP contribution >= 0.6 is 11.6 Å². The molecule has 0 fully saturated rings. The molecule has 0 aliphatic carbocycles. The first-order valence-corrected chi connectivity index (χ1v) is 9.28. The zero-order valence-corrected chi connectivity index (χ0v) is 16.8. The predicted octanol–water partition coefficient (Wildman–Crippen LogP) is 4.50. The van der Waals surface area contributed by atoms with Gasteiger partial charge in [0.25, 0.3) is 11.8 Å². The fraction of sp³-hybridized carbons (Fsp3) is 0.333. The number of carbonyl (C=O) groups excluding carboxylic acids is 2. The molecule has 6 heteroatoms. The molecule has 5 nitrogen and oxygen atoms in total. The number of halogens is 1. The number of rotatable bonds is 7. The lowest BCUT2D eigenvalue weighted by molar-refractivity contribution is -0.118. The van der Waals surface area contributed by atoms with Crippen LogP contribution in [0.4, 0.5) is 5.69 Å². The molecule has 0 unspecified atom stereocenters. The summed E-state index contributed by atoms with van der Waals surface area (Å²) in [5, 5.41) is 6.33. The summed E-state index contributed by atoms with van der Waals surface area (Å²) in [6, 6.07) is 10.5.